The Balaban J connectivity index is 2.53. The third kappa shape index (κ3) is 4.35. The van der Waals surface area contributed by atoms with Gasteiger partial charge in [-0.2, -0.15) is 0 Å². The summed E-state index contributed by atoms with van der Waals surface area (Å²) in [5, 5.41) is 17.9. The number of aliphatic hydroxyl groups excluding tert-OH is 2. The van der Waals surface area contributed by atoms with Crippen molar-refractivity contribution in [3.63, 3.8) is 0 Å². The first-order valence-electron chi connectivity index (χ1n) is 7.26. The molecular weight excluding hydrogens is 280 g/mol. The average Bonchev–Trinajstić information content (AvgIpc) is 2.54. The van der Waals surface area contributed by atoms with E-state index in [9.17, 15) is 5.11 Å². The van der Waals surface area contributed by atoms with Gasteiger partial charge in [0.25, 0.3) is 0 Å². The fourth-order valence-electron chi connectivity index (χ4n) is 2.76. The summed E-state index contributed by atoms with van der Waals surface area (Å²) in [4.78, 5) is 0. The number of rotatable bonds is 10. The van der Waals surface area contributed by atoms with Crippen molar-refractivity contribution >= 4 is 0 Å². The predicted octanol–water partition coefficient (Wildman–Crippen LogP) is 0.279. The predicted molar refractivity (Wildman–Crippen MR) is 74.8 cm³/mol. The summed E-state index contributed by atoms with van der Waals surface area (Å²) >= 11 is 0. The Morgan fingerprint density at radius 3 is 2.48 bits per heavy atom. The van der Waals surface area contributed by atoms with Crippen LogP contribution in [-0.2, 0) is 23.7 Å². The molecule has 2 atom stereocenters. The van der Waals surface area contributed by atoms with E-state index >= 15 is 0 Å². The van der Waals surface area contributed by atoms with Crippen LogP contribution in [0.2, 0.25) is 0 Å². The Morgan fingerprint density at radius 2 is 1.90 bits per heavy atom. The first-order chi connectivity index (χ1) is 10.1. The van der Waals surface area contributed by atoms with Gasteiger partial charge in [0.1, 0.15) is 11.7 Å². The summed E-state index contributed by atoms with van der Waals surface area (Å²) in [6.45, 7) is 0.830. The van der Waals surface area contributed by atoms with E-state index in [-0.39, 0.29) is 13.2 Å². The standard InChI is InChI=1S/C14H28O7/c1-17-13(6-4-8-20-11-12(16)10-15)7-5-9-21-14(13,18-2)19-3/h12,15-16H,4-11H2,1-3H3. The first-order valence-corrected chi connectivity index (χ1v) is 7.26. The number of ether oxygens (including phenoxy) is 5. The second-order valence-corrected chi connectivity index (χ2v) is 5.13. The fourth-order valence-corrected chi connectivity index (χ4v) is 2.76. The molecule has 1 saturated heterocycles. The zero-order valence-corrected chi connectivity index (χ0v) is 13.2. The molecule has 0 bridgehead atoms. The van der Waals surface area contributed by atoms with Gasteiger partial charge < -0.3 is 33.9 Å². The molecule has 2 unspecified atom stereocenters. The van der Waals surface area contributed by atoms with Gasteiger partial charge in [0.15, 0.2) is 0 Å². The van der Waals surface area contributed by atoms with Crippen LogP contribution < -0.4 is 0 Å². The van der Waals surface area contributed by atoms with Gasteiger partial charge in [0.2, 0.25) is 0 Å². The van der Waals surface area contributed by atoms with Crippen LogP contribution in [0.25, 0.3) is 0 Å². The molecule has 0 amide bonds. The largest absolute Gasteiger partial charge is 0.394 e. The number of aliphatic hydroxyl groups is 2. The second kappa shape index (κ2) is 8.99. The molecule has 0 spiro atoms. The van der Waals surface area contributed by atoms with Crippen LogP contribution in [0.5, 0.6) is 0 Å². The Bertz CT molecular complexity index is 282. The van der Waals surface area contributed by atoms with Gasteiger partial charge in [0.05, 0.1) is 19.8 Å². The minimum atomic E-state index is -1.20. The number of hydrogen-bond acceptors (Lipinski definition) is 7. The molecule has 1 fully saturated rings. The lowest BCUT2D eigenvalue weighted by molar-refractivity contribution is -0.445. The molecule has 1 heterocycles. The highest BCUT2D eigenvalue weighted by atomic mass is 16.9. The summed E-state index contributed by atoms with van der Waals surface area (Å²) in [6.07, 6.45) is 2.14. The highest BCUT2D eigenvalue weighted by Crippen LogP contribution is 2.42. The third-order valence-corrected chi connectivity index (χ3v) is 3.89. The number of hydrogen-bond donors (Lipinski definition) is 2. The Hall–Kier alpha value is -0.280. The van der Waals surface area contributed by atoms with Gasteiger partial charge in [-0.1, -0.05) is 0 Å². The van der Waals surface area contributed by atoms with Crippen molar-refractivity contribution in [1.29, 1.82) is 0 Å². The molecule has 1 rings (SSSR count). The van der Waals surface area contributed by atoms with Crippen LogP contribution in [0.1, 0.15) is 25.7 Å². The van der Waals surface area contributed by atoms with Crippen LogP contribution in [0.15, 0.2) is 0 Å². The smallest absolute Gasteiger partial charge is 0.313 e. The molecule has 0 radical (unpaired) electrons. The maximum absolute atomic E-state index is 9.20. The first kappa shape index (κ1) is 18.8. The van der Waals surface area contributed by atoms with Crippen LogP contribution >= 0.6 is 0 Å². The lowest BCUT2D eigenvalue weighted by atomic mass is 9.87. The highest BCUT2D eigenvalue weighted by Gasteiger charge is 2.56. The molecular formula is C14H28O7. The Labute approximate surface area is 126 Å². The lowest BCUT2D eigenvalue weighted by Crippen LogP contribution is -2.62. The van der Waals surface area contributed by atoms with E-state index < -0.39 is 17.7 Å². The van der Waals surface area contributed by atoms with Crippen molar-refractivity contribution in [3.05, 3.63) is 0 Å². The summed E-state index contributed by atoms with van der Waals surface area (Å²) in [7, 11) is 4.70. The molecule has 0 aromatic heterocycles. The third-order valence-electron chi connectivity index (χ3n) is 3.89. The molecule has 2 N–H and O–H groups in total. The average molecular weight is 308 g/mol. The Morgan fingerprint density at radius 1 is 1.19 bits per heavy atom. The van der Waals surface area contributed by atoms with Crippen molar-refractivity contribution in [3.8, 4) is 0 Å². The van der Waals surface area contributed by atoms with Gasteiger partial charge in [-0.05, 0) is 25.7 Å². The van der Waals surface area contributed by atoms with Gasteiger partial charge >= 0.3 is 5.97 Å². The normalized spacial score (nSPS) is 26.7. The second-order valence-electron chi connectivity index (χ2n) is 5.13. The Kier molecular flexibility index (Phi) is 8.04. The van der Waals surface area contributed by atoms with Crippen LogP contribution in [0, 0.1) is 0 Å². The molecule has 0 saturated carbocycles. The monoisotopic (exact) mass is 308 g/mol. The van der Waals surface area contributed by atoms with E-state index in [0.29, 0.717) is 26.1 Å². The molecule has 7 nitrogen and oxygen atoms in total. The zero-order chi connectivity index (χ0) is 15.8. The molecule has 0 aromatic rings. The van der Waals surface area contributed by atoms with Crippen LogP contribution in [0.3, 0.4) is 0 Å². The van der Waals surface area contributed by atoms with E-state index in [1.54, 1.807) is 7.11 Å². The van der Waals surface area contributed by atoms with Crippen molar-refractivity contribution < 1.29 is 33.9 Å². The van der Waals surface area contributed by atoms with Crippen molar-refractivity contribution in [2.75, 3.05) is 47.8 Å². The SMILES string of the molecule is COC1(CCCOCC(O)CO)CCCOC1(OC)OC. The van der Waals surface area contributed by atoms with Crippen molar-refractivity contribution in [1.82, 2.24) is 0 Å². The summed E-state index contributed by atoms with van der Waals surface area (Å²) in [6, 6.07) is 0. The van der Waals surface area contributed by atoms with Gasteiger partial charge in [-0.25, -0.2) is 0 Å². The summed E-state index contributed by atoms with van der Waals surface area (Å²) < 4.78 is 27.6. The number of methoxy groups -OCH3 is 3. The molecule has 0 aromatic carbocycles. The van der Waals surface area contributed by atoms with Gasteiger partial charge in [-0.15, -0.1) is 0 Å². The highest BCUT2D eigenvalue weighted by molar-refractivity contribution is 4.93. The minimum Gasteiger partial charge on any atom is -0.394 e. The van der Waals surface area contributed by atoms with E-state index in [2.05, 4.69) is 0 Å². The maximum Gasteiger partial charge on any atom is 0.313 e. The summed E-state index contributed by atoms with van der Waals surface area (Å²) in [5.41, 5.74) is -0.687. The zero-order valence-electron chi connectivity index (χ0n) is 13.2. The van der Waals surface area contributed by atoms with Gasteiger partial charge in [0, 0.05) is 27.9 Å². The molecule has 7 heteroatoms. The van der Waals surface area contributed by atoms with Crippen LogP contribution in [0.4, 0.5) is 0 Å². The van der Waals surface area contributed by atoms with E-state index in [1.807, 2.05) is 0 Å². The van der Waals surface area contributed by atoms with E-state index in [1.165, 1.54) is 14.2 Å². The fraction of sp³-hybridized carbons (Fsp3) is 1.00. The van der Waals surface area contributed by atoms with E-state index in [4.69, 9.17) is 28.8 Å². The van der Waals surface area contributed by atoms with Crippen molar-refractivity contribution in [2.45, 2.75) is 43.4 Å². The van der Waals surface area contributed by atoms with Gasteiger partial charge in [-0.3, -0.25) is 0 Å². The quantitative estimate of drug-likeness (QED) is 0.443. The molecule has 1 aliphatic rings. The molecule has 1 aliphatic heterocycles. The summed E-state index contributed by atoms with van der Waals surface area (Å²) in [5.74, 6) is -1.20. The molecule has 0 aliphatic carbocycles. The van der Waals surface area contributed by atoms with Crippen molar-refractivity contribution in [2.24, 2.45) is 0 Å². The minimum absolute atomic E-state index is 0.118. The van der Waals surface area contributed by atoms with Crippen LogP contribution in [-0.4, -0.2) is 75.6 Å². The maximum atomic E-state index is 9.20. The lowest BCUT2D eigenvalue weighted by Gasteiger charge is -2.49. The molecule has 21 heavy (non-hydrogen) atoms. The van der Waals surface area contributed by atoms with E-state index in [0.717, 1.165) is 12.8 Å². The molecule has 126 valence electrons. The topological polar surface area (TPSA) is 86.6 Å².